The standard InChI is InChI=1S/C17H23F4N3O4S/c1-26-14(25)13-6-22-17(29-13)24-3-2-23(7-12(24)9-28-16(20)21)11-4-10(5-11)8-27-15(18)19/h6,10-12,15-16H,2-5,7-9H2,1H3. The molecule has 0 bridgehead atoms. The molecule has 7 nitrogen and oxygen atoms in total. The summed E-state index contributed by atoms with van der Waals surface area (Å²) in [5, 5.41) is 0.546. The van der Waals surface area contributed by atoms with Crippen molar-refractivity contribution in [2.24, 2.45) is 5.92 Å². The summed E-state index contributed by atoms with van der Waals surface area (Å²) in [7, 11) is 1.28. The summed E-state index contributed by atoms with van der Waals surface area (Å²) in [6, 6.07) is -0.162. The highest BCUT2D eigenvalue weighted by Gasteiger charge is 2.39. The molecule has 0 spiro atoms. The average molecular weight is 441 g/mol. The van der Waals surface area contributed by atoms with Gasteiger partial charge in [-0.1, -0.05) is 11.3 Å². The number of thiazole rings is 1. The largest absolute Gasteiger partial charge is 0.465 e. The Hall–Kier alpha value is -1.50. The quantitative estimate of drug-likeness (QED) is 0.431. The molecule has 0 N–H and O–H groups in total. The zero-order valence-electron chi connectivity index (χ0n) is 15.8. The van der Waals surface area contributed by atoms with Crippen molar-refractivity contribution in [2.75, 3.05) is 44.9 Å². The number of ether oxygens (including phenoxy) is 3. The van der Waals surface area contributed by atoms with E-state index in [1.165, 1.54) is 13.3 Å². The second-order valence-electron chi connectivity index (χ2n) is 7.02. The van der Waals surface area contributed by atoms with E-state index in [1.54, 1.807) is 0 Å². The van der Waals surface area contributed by atoms with Crippen molar-refractivity contribution in [1.29, 1.82) is 0 Å². The summed E-state index contributed by atoms with van der Waals surface area (Å²) in [5.74, 6) is -0.413. The summed E-state index contributed by atoms with van der Waals surface area (Å²) >= 11 is 1.14. The molecule has 29 heavy (non-hydrogen) atoms. The first kappa shape index (κ1) is 22.2. The smallest absolute Gasteiger partial charge is 0.349 e. The lowest BCUT2D eigenvalue weighted by Gasteiger charge is -2.49. The van der Waals surface area contributed by atoms with Crippen molar-refractivity contribution < 1.29 is 36.6 Å². The minimum absolute atomic E-state index is 0.0292. The third-order valence-electron chi connectivity index (χ3n) is 5.24. The fraction of sp³-hybridized carbons (Fsp3) is 0.765. The number of esters is 1. The predicted molar refractivity (Wildman–Crippen MR) is 96.6 cm³/mol. The van der Waals surface area contributed by atoms with Crippen LogP contribution >= 0.6 is 11.3 Å². The molecule has 1 aliphatic heterocycles. The van der Waals surface area contributed by atoms with Crippen LogP contribution < -0.4 is 4.90 Å². The van der Waals surface area contributed by atoms with Crippen molar-refractivity contribution in [3.8, 4) is 0 Å². The van der Waals surface area contributed by atoms with Gasteiger partial charge in [0.2, 0.25) is 0 Å². The summed E-state index contributed by atoms with van der Waals surface area (Å²) in [6.45, 7) is -4.12. The maximum Gasteiger partial charge on any atom is 0.349 e. The summed E-state index contributed by atoms with van der Waals surface area (Å²) in [6.07, 6.45) is 2.88. The minimum Gasteiger partial charge on any atom is -0.465 e. The highest BCUT2D eigenvalue weighted by molar-refractivity contribution is 7.17. The number of halogens is 4. The van der Waals surface area contributed by atoms with E-state index in [0.29, 0.717) is 29.6 Å². The molecular weight excluding hydrogens is 418 g/mol. The van der Waals surface area contributed by atoms with Crippen molar-refractivity contribution >= 4 is 22.4 Å². The molecule has 3 rings (SSSR count). The zero-order valence-corrected chi connectivity index (χ0v) is 16.6. The number of piperazine rings is 1. The number of carbonyl (C=O) groups is 1. The van der Waals surface area contributed by atoms with E-state index in [1.807, 2.05) is 4.90 Å². The number of carbonyl (C=O) groups excluding carboxylic acids is 1. The molecule has 1 unspecified atom stereocenters. The van der Waals surface area contributed by atoms with E-state index in [0.717, 1.165) is 24.2 Å². The maximum absolute atomic E-state index is 12.6. The summed E-state index contributed by atoms with van der Waals surface area (Å²) in [4.78, 5) is 20.3. The second kappa shape index (κ2) is 10.0. The first-order chi connectivity index (χ1) is 13.9. The SMILES string of the molecule is COC(=O)c1cnc(N2CCN(C3CC(COC(F)F)C3)CC2COC(F)F)s1. The Bertz CT molecular complexity index is 675. The van der Waals surface area contributed by atoms with Crippen molar-refractivity contribution in [2.45, 2.75) is 38.1 Å². The van der Waals surface area contributed by atoms with Gasteiger partial charge in [-0.05, 0) is 18.8 Å². The normalized spacial score (nSPS) is 25.5. The van der Waals surface area contributed by atoms with E-state index in [9.17, 15) is 22.4 Å². The van der Waals surface area contributed by atoms with Crippen LogP contribution in [0, 0.1) is 5.92 Å². The summed E-state index contributed by atoms with van der Waals surface area (Å²) < 4.78 is 63.1. The number of aromatic nitrogens is 1. The van der Waals surface area contributed by atoms with Crippen molar-refractivity contribution in [1.82, 2.24) is 9.88 Å². The van der Waals surface area contributed by atoms with E-state index >= 15 is 0 Å². The lowest BCUT2D eigenvalue weighted by Crippen LogP contribution is -2.60. The van der Waals surface area contributed by atoms with Gasteiger partial charge in [0.1, 0.15) is 4.88 Å². The minimum atomic E-state index is -2.88. The third kappa shape index (κ3) is 5.77. The molecule has 12 heteroatoms. The lowest BCUT2D eigenvalue weighted by molar-refractivity contribution is -0.150. The van der Waals surface area contributed by atoms with Crippen molar-refractivity contribution in [3.63, 3.8) is 0 Å². The number of anilines is 1. The number of rotatable bonds is 9. The molecular formula is C17H23F4N3O4S. The van der Waals surface area contributed by atoms with Crippen LogP contribution in [0.2, 0.25) is 0 Å². The Labute approximate surface area is 169 Å². The molecule has 0 aromatic carbocycles. The molecule has 2 aliphatic rings. The number of hydrogen-bond donors (Lipinski definition) is 0. The van der Waals surface area contributed by atoms with Gasteiger partial charge in [-0.15, -0.1) is 0 Å². The van der Waals surface area contributed by atoms with Gasteiger partial charge in [0.25, 0.3) is 0 Å². The Morgan fingerprint density at radius 2 is 1.90 bits per heavy atom. The number of methoxy groups -OCH3 is 1. The molecule has 1 saturated heterocycles. The van der Waals surface area contributed by atoms with Gasteiger partial charge in [-0.25, -0.2) is 9.78 Å². The Kier molecular flexibility index (Phi) is 7.66. The Morgan fingerprint density at radius 3 is 2.55 bits per heavy atom. The van der Waals surface area contributed by atoms with Crippen LogP contribution in [0.25, 0.3) is 0 Å². The van der Waals surface area contributed by atoms with Crippen LogP contribution in [-0.4, -0.2) is 81.1 Å². The first-order valence-corrected chi connectivity index (χ1v) is 10.0. The summed E-state index contributed by atoms with van der Waals surface area (Å²) in [5.41, 5.74) is 0. The molecule has 1 atom stereocenters. The second-order valence-corrected chi connectivity index (χ2v) is 8.03. The zero-order chi connectivity index (χ0) is 21.0. The Balaban J connectivity index is 1.60. The number of hydrogen-bond acceptors (Lipinski definition) is 8. The third-order valence-corrected chi connectivity index (χ3v) is 6.25. The maximum atomic E-state index is 12.6. The predicted octanol–water partition coefficient (Wildman–Crippen LogP) is 2.68. The number of nitrogens with zero attached hydrogens (tertiary/aromatic N) is 3. The molecule has 2 fully saturated rings. The van der Waals surface area contributed by atoms with Gasteiger partial charge in [-0.3, -0.25) is 4.90 Å². The fourth-order valence-corrected chi connectivity index (χ4v) is 4.66. The molecule has 1 aromatic heterocycles. The van der Waals surface area contributed by atoms with Gasteiger partial charge in [-0.2, -0.15) is 17.6 Å². The topological polar surface area (TPSA) is 64.1 Å². The molecule has 0 radical (unpaired) electrons. The highest BCUT2D eigenvalue weighted by Crippen LogP contribution is 2.35. The van der Waals surface area contributed by atoms with Crippen LogP contribution in [0.15, 0.2) is 6.20 Å². The van der Waals surface area contributed by atoms with Gasteiger partial charge < -0.3 is 19.1 Å². The number of alkyl halides is 4. The molecule has 2 heterocycles. The van der Waals surface area contributed by atoms with E-state index < -0.39 is 19.2 Å². The molecule has 0 amide bonds. The fourth-order valence-electron chi connectivity index (χ4n) is 3.73. The van der Waals surface area contributed by atoms with Crippen LogP contribution in [0.4, 0.5) is 22.7 Å². The monoisotopic (exact) mass is 441 g/mol. The van der Waals surface area contributed by atoms with Crippen molar-refractivity contribution in [3.05, 3.63) is 11.1 Å². The van der Waals surface area contributed by atoms with E-state index in [-0.39, 0.29) is 31.2 Å². The van der Waals surface area contributed by atoms with Gasteiger partial charge in [0, 0.05) is 25.7 Å². The van der Waals surface area contributed by atoms with Crippen LogP contribution in [-0.2, 0) is 14.2 Å². The van der Waals surface area contributed by atoms with Gasteiger partial charge in [0.15, 0.2) is 5.13 Å². The highest BCUT2D eigenvalue weighted by atomic mass is 32.1. The van der Waals surface area contributed by atoms with E-state index in [4.69, 9.17) is 0 Å². The average Bonchev–Trinajstić information content (AvgIpc) is 3.14. The van der Waals surface area contributed by atoms with Gasteiger partial charge in [0.05, 0.1) is 32.6 Å². The van der Waals surface area contributed by atoms with Gasteiger partial charge >= 0.3 is 19.2 Å². The van der Waals surface area contributed by atoms with Crippen LogP contribution in [0.5, 0.6) is 0 Å². The lowest BCUT2D eigenvalue weighted by atomic mass is 9.79. The molecule has 1 saturated carbocycles. The first-order valence-electron chi connectivity index (χ1n) is 9.21. The van der Waals surface area contributed by atoms with Crippen LogP contribution in [0.1, 0.15) is 22.5 Å². The van der Waals surface area contributed by atoms with Crippen LogP contribution in [0.3, 0.4) is 0 Å². The Morgan fingerprint density at radius 1 is 1.21 bits per heavy atom. The molecule has 164 valence electrons. The van der Waals surface area contributed by atoms with E-state index in [2.05, 4.69) is 24.1 Å². The molecule has 1 aromatic rings. The molecule has 1 aliphatic carbocycles.